The van der Waals surface area contributed by atoms with Crippen molar-refractivity contribution in [2.45, 2.75) is 71.2 Å². The molecule has 2 aromatic rings. The van der Waals surface area contributed by atoms with Gasteiger partial charge in [0.1, 0.15) is 18.7 Å². The molecule has 1 heterocycles. The molecule has 1 saturated heterocycles. The fourth-order valence-corrected chi connectivity index (χ4v) is 7.32. The van der Waals surface area contributed by atoms with E-state index >= 15 is 0 Å². The maximum absolute atomic E-state index is 14.5. The lowest BCUT2D eigenvalue weighted by molar-refractivity contribution is -0.144. The van der Waals surface area contributed by atoms with Crippen molar-refractivity contribution in [3.8, 4) is 0 Å². The largest absolute Gasteiger partial charge is 0.445 e. The Morgan fingerprint density at radius 3 is 2.28 bits per heavy atom. The van der Waals surface area contributed by atoms with Gasteiger partial charge in [0, 0.05) is 13.1 Å². The Morgan fingerprint density at radius 1 is 1.00 bits per heavy atom. The number of benzene rings is 2. The minimum absolute atomic E-state index is 0.0543. The van der Waals surface area contributed by atoms with Gasteiger partial charge in [0.15, 0.2) is 0 Å². The van der Waals surface area contributed by atoms with Gasteiger partial charge in [-0.1, -0.05) is 87.9 Å². The molecule has 1 unspecified atom stereocenters. The molecule has 10 heteroatoms. The van der Waals surface area contributed by atoms with Gasteiger partial charge in [-0.05, 0) is 59.1 Å². The quantitative estimate of drug-likeness (QED) is 0.230. The van der Waals surface area contributed by atoms with Gasteiger partial charge in [-0.3, -0.25) is 19.2 Å². The molecular weight excluding hydrogens is 584 g/mol. The van der Waals surface area contributed by atoms with Crippen molar-refractivity contribution in [3.63, 3.8) is 0 Å². The van der Waals surface area contributed by atoms with Crippen LogP contribution in [0.15, 0.2) is 67.3 Å². The van der Waals surface area contributed by atoms with Crippen LogP contribution in [0.3, 0.4) is 0 Å². The van der Waals surface area contributed by atoms with Crippen molar-refractivity contribution < 1.29 is 28.7 Å². The molecular formula is C36H44N4O6. The highest BCUT2D eigenvalue weighted by Crippen LogP contribution is 2.65. The lowest BCUT2D eigenvalue weighted by Gasteiger charge is -2.35. The van der Waals surface area contributed by atoms with Gasteiger partial charge in [0.05, 0.1) is 6.04 Å². The molecule has 0 spiro atoms. The molecule has 2 fully saturated rings. The second kappa shape index (κ2) is 13.9. The number of likely N-dealkylation sites (tertiary alicyclic amines) is 1. The number of amides is 4. The molecule has 0 bridgehead atoms. The van der Waals surface area contributed by atoms with Gasteiger partial charge in [-0.2, -0.15) is 0 Å². The normalized spacial score (nSPS) is 22.1. The third kappa shape index (κ3) is 6.85. The summed E-state index contributed by atoms with van der Waals surface area (Å²) >= 11 is 0. The van der Waals surface area contributed by atoms with E-state index < -0.39 is 41.8 Å². The standard InChI is InChI=1S/C36H44N4O6/c1-5-12-27(31(41)33(43)37-17-6-2)38-32(42)30-28-26(36(28,3)4)20-40(30)34(44)29(25-18-23-15-10-11-16-24(23)19-25)39-35(45)46-21-22-13-8-7-9-14-22/h6-11,13-16,25-30H,2,5,12,17-21H2,1,3-4H3,(H,37,43)(H,38,42)(H,39,45)/t26-,27?,28-,29+,30+/m1/s1. The van der Waals surface area contributed by atoms with E-state index in [1.54, 1.807) is 4.90 Å². The molecule has 5 atom stereocenters. The molecule has 0 aromatic heterocycles. The zero-order valence-corrected chi connectivity index (χ0v) is 26.8. The highest BCUT2D eigenvalue weighted by molar-refractivity contribution is 6.38. The van der Waals surface area contributed by atoms with Crippen molar-refractivity contribution >= 4 is 29.6 Å². The number of carbonyl (C=O) groups is 5. The second-order valence-corrected chi connectivity index (χ2v) is 13.2. The van der Waals surface area contributed by atoms with Crippen LogP contribution in [0.5, 0.6) is 0 Å². The number of hydrogen-bond donors (Lipinski definition) is 3. The number of hydrogen-bond acceptors (Lipinski definition) is 6. The summed E-state index contributed by atoms with van der Waals surface area (Å²) in [5, 5.41) is 8.17. The summed E-state index contributed by atoms with van der Waals surface area (Å²) in [6.07, 6.45) is 2.81. The van der Waals surface area contributed by atoms with Crippen molar-refractivity contribution in [1.29, 1.82) is 0 Å². The van der Waals surface area contributed by atoms with E-state index in [9.17, 15) is 24.0 Å². The van der Waals surface area contributed by atoms with Gasteiger partial charge in [0.2, 0.25) is 17.6 Å². The van der Waals surface area contributed by atoms with Gasteiger partial charge >= 0.3 is 6.09 Å². The van der Waals surface area contributed by atoms with Crippen LogP contribution < -0.4 is 16.0 Å². The Morgan fingerprint density at radius 2 is 1.65 bits per heavy atom. The van der Waals surface area contributed by atoms with Gasteiger partial charge in [-0.15, -0.1) is 6.58 Å². The molecule has 1 saturated carbocycles. The van der Waals surface area contributed by atoms with E-state index in [2.05, 4.69) is 36.4 Å². The first-order chi connectivity index (χ1) is 22.1. The molecule has 244 valence electrons. The number of alkyl carbamates (subject to hydrolysis) is 1. The molecule has 4 amide bonds. The first-order valence-electron chi connectivity index (χ1n) is 16.1. The van der Waals surface area contributed by atoms with Gasteiger partial charge in [-0.25, -0.2) is 4.79 Å². The summed E-state index contributed by atoms with van der Waals surface area (Å²) in [5.41, 5.74) is 2.90. The molecule has 2 aliphatic carbocycles. The number of nitrogens with one attached hydrogen (secondary N) is 3. The molecule has 2 aromatic carbocycles. The number of ether oxygens (including phenoxy) is 1. The van der Waals surface area contributed by atoms with Crippen molar-refractivity contribution in [2.75, 3.05) is 13.1 Å². The fraction of sp³-hybridized carbons (Fsp3) is 0.472. The number of Topliss-reactive ketones (excluding diaryl/α,β-unsaturated/α-hetero) is 1. The monoisotopic (exact) mass is 628 g/mol. The highest BCUT2D eigenvalue weighted by Gasteiger charge is 2.69. The predicted molar refractivity (Wildman–Crippen MR) is 172 cm³/mol. The molecule has 3 aliphatic rings. The second-order valence-electron chi connectivity index (χ2n) is 13.2. The minimum Gasteiger partial charge on any atom is -0.445 e. The van der Waals surface area contributed by atoms with Crippen LogP contribution in [0.4, 0.5) is 4.79 Å². The Bertz CT molecular complexity index is 1470. The average molecular weight is 629 g/mol. The summed E-state index contributed by atoms with van der Waals surface area (Å²) in [6.45, 7) is 10.1. The Hall–Kier alpha value is -4.47. The van der Waals surface area contributed by atoms with E-state index in [1.807, 2.05) is 61.5 Å². The molecule has 5 rings (SSSR count). The first-order valence-corrected chi connectivity index (χ1v) is 16.1. The first kappa shape index (κ1) is 32.9. The topological polar surface area (TPSA) is 134 Å². The van der Waals surface area contributed by atoms with Gasteiger partial charge < -0.3 is 25.6 Å². The highest BCUT2D eigenvalue weighted by atomic mass is 16.5. The van der Waals surface area contributed by atoms with Crippen molar-refractivity contribution in [2.24, 2.45) is 23.2 Å². The van der Waals surface area contributed by atoms with Gasteiger partial charge in [0.25, 0.3) is 5.91 Å². The Kier molecular flexibility index (Phi) is 9.94. The number of rotatable bonds is 13. The Labute approximate surface area is 270 Å². The minimum atomic E-state index is -1.02. The summed E-state index contributed by atoms with van der Waals surface area (Å²) in [6, 6.07) is 14.5. The maximum atomic E-state index is 14.5. The van der Waals surface area contributed by atoms with Crippen LogP contribution in [-0.2, 0) is 43.4 Å². The zero-order chi connectivity index (χ0) is 33.0. The number of carbonyl (C=O) groups excluding carboxylic acids is 5. The molecule has 1 aliphatic heterocycles. The fourth-order valence-electron chi connectivity index (χ4n) is 7.32. The van der Waals surface area contributed by atoms with E-state index in [0.717, 1.165) is 16.7 Å². The Balaban J connectivity index is 1.36. The van der Waals surface area contributed by atoms with E-state index in [1.165, 1.54) is 6.08 Å². The summed E-state index contributed by atoms with van der Waals surface area (Å²) in [5.74, 6) is -2.59. The van der Waals surface area contributed by atoms with Crippen LogP contribution in [0.2, 0.25) is 0 Å². The summed E-state index contributed by atoms with van der Waals surface area (Å²) in [7, 11) is 0. The van der Waals surface area contributed by atoms with E-state index in [-0.39, 0.29) is 48.6 Å². The number of piperidine rings is 1. The number of nitrogens with zero attached hydrogens (tertiary/aromatic N) is 1. The van der Waals surface area contributed by atoms with E-state index in [4.69, 9.17) is 4.74 Å². The average Bonchev–Trinajstić information content (AvgIpc) is 3.41. The molecule has 46 heavy (non-hydrogen) atoms. The van der Waals surface area contributed by atoms with Crippen molar-refractivity contribution in [1.82, 2.24) is 20.9 Å². The zero-order valence-electron chi connectivity index (χ0n) is 26.8. The van der Waals surface area contributed by atoms with E-state index in [0.29, 0.717) is 25.8 Å². The van der Waals surface area contributed by atoms with Crippen LogP contribution in [0.25, 0.3) is 0 Å². The van der Waals surface area contributed by atoms with Crippen LogP contribution in [0.1, 0.15) is 50.3 Å². The number of ketones is 1. The van der Waals surface area contributed by atoms with Crippen LogP contribution >= 0.6 is 0 Å². The molecule has 10 nitrogen and oxygen atoms in total. The SMILES string of the molecule is C=CCNC(=O)C(=O)C(CCC)NC(=O)[C@@H]1[C@H]2[C@@H](CN1C(=O)[C@@H](NC(=O)OCc1ccccc1)C1Cc3ccccc3C1)C2(C)C. The smallest absolute Gasteiger partial charge is 0.408 e. The van der Waals surface area contributed by atoms with Crippen molar-refractivity contribution in [3.05, 3.63) is 83.9 Å². The number of fused-ring (bicyclic) bond motifs is 2. The molecule has 0 radical (unpaired) electrons. The lowest BCUT2D eigenvalue weighted by Crippen LogP contribution is -2.59. The molecule has 3 N–H and O–H groups in total. The third-order valence-corrected chi connectivity index (χ3v) is 9.91. The van der Waals surface area contributed by atoms with Crippen LogP contribution in [0, 0.1) is 23.2 Å². The van der Waals surface area contributed by atoms with Crippen LogP contribution in [-0.4, -0.2) is 65.7 Å². The maximum Gasteiger partial charge on any atom is 0.408 e. The summed E-state index contributed by atoms with van der Waals surface area (Å²) < 4.78 is 5.52. The predicted octanol–water partition coefficient (Wildman–Crippen LogP) is 3.34. The third-order valence-electron chi connectivity index (χ3n) is 9.91. The summed E-state index contributed by atoms with van der Waals surface area (Å²) in [4.78, 5) is 68.7. The lowest BCUT2D eigenvalue weighted by atomic mass is 9.93.